The van der Waals surface area contributed by atoms with Gasteiger partial charge in [-0.25, -0.2) is 9.59 Å². The number of ether oxygens (including phenoxy) is 2. The fraction of sp³-hybridized carbons (Fsp3) is 0.450. The number of allylic oxidation sites excluding steroid dienone is 1. The standard InChI is InChI=1S/C20H27ClN4O4S/c1-13-17(18(26)28-10-7-14-5-4-6-15(21)11-14)16(24-19(30)23-13)12-29-20(27)22-8-9-25(2)3/h4-6,11,16H,7-10,12H2,1-3H3,(H,22,27)(H2,23,24,30). The SMILES string of the molecule is CC1=C(C(=O)OCCc2cccc(Cl)c2)C(COC(=O)NCCN(C)C)NC(=S)N1. The summed E-state index contributed by atoms with van der Waals surface area (Å²) >= 11 is 11.1. The Morgan fingerprint density at radius 2 is 2.07 bits per heavy atom. The van der Waals surface area contributed by atoms with E-state index in [1.807, 2.05) is 37.2 Å². The van der Waals surface area contributed by atoms with Crippen molar-refractivity contribution >= 4 is 41.0 Å². The van der Waals surface area contributed by atoms with E-state index < -0.39 is 18.1 Å². The summed E-state index contributed by atoms with van der Waals surface area (Å²) in [6.45, 7) is 3.00. The highest BCUT2D eigenvalue weighted by Gasteiger charge is 2.30. The van der Waals surface area contributed by atoms with Crippen molar-refractivity contribution in [1.29, 1.82) is 0 Å². The van der Waals surface area contributed by atoms with Gasteiger partial charge in [0, 0.05) is 30.2 Å². The van der Waals surface area contributed by atoms with Gasteiger partial charge in [-0.2, -0.15) is 0 Å². The van der Waals surface area contributed by atoms with Crippen molar-refractivity contribution in [1.82, 2.24) is 20.9 Å². The summed E-state index contributed by atoms with van der Waals surface area (Å²) < 4.78 is 10.7. The van der Waals surface area contributed by atoms with Gasteiger partial charge in [-0.05, 0) is 50.9 Å². The van der Waals surface area contributed by atoms with Crippen molar-refractivity contribution in [2.24, 2.45) is 0 Å². The number of thiocarbonyl (C=S) groups is 1. The van der Waals surface area contributed by atoms with Gasteiger partial charge < -0.3 is 30.3 Å². The number of carbonyl (C=O) groups is 2. The number of nitrogens with one attached hydrogen (secondary N) is 3. The fourth-order valence-electron chi connectivity index (χ4n) is 2.81. The number of carbonyl (C=O) groups excluding carboxylic acids is 2. The van der Waals surface area contributed by atoms with Crippen molar-refractivity contribution in [3.63, 3.8) is 0 Å². The zero-order valence-corrected chi connectivity index (χ0v) is 18.9. The molecular formula is C20H27ClN4O4S. The lowest BCUT2D eigenvalue weighted by Gasteiger charge is -2.29. The van der Waals surface area contributed by atoms with E-state index in [2.05, 4.69) is 16.0 Å². The molecule has 1 aromatic carbocycles. The third kappa shape index (κ3) is 7.81. The molecule has 1 unspecified atom stereocenters. The molecule has 8 nitrogen and oxygen atoms in total. The molecule has 1 aliphatic rings. The number of amides is 1. The molecule has 1 atom stereocenters. The first kappa shape index (κ1) is 23.9. The van der Waals surface area contributed by atoms with Crippen molar-refractivity contribution < 1.29 is 19.1 Å². The maximum Gasteiger partial charge on any atom is 0.407 e. The van der Waals surface area contributed by atoms with Gasteiger partial charge in [-0.3, -0.25) is 0 Å². The average molecular weight is 455 g/mol. The topological polar surface area (TPSA) is 91.9 Å². The molecule has 10 heteroatoms. The molecule has 0 saturated heterocycles. The van der Waals surface area contributed by atoms with E-state index >= 15 is 0 Å². The lowest BCUT2D eigenvalue weighted by atomic mass is 10.0. The molecule has 164 valence electrons. The Balaban J connectivity index is 1.91. The molecule has 1 aliphatic heterocycles. The molecule has 3 N–H and O–H groups in total. The number of halogens is 1. The Labute approximate surface area is 186 Å². The third-order valence-corrected chi connectivity index (χ3v) is 4.76. The molecule has 1 amide bonds. The quantitative estimate of drug-likeness (QED) is 0.384. The normalized spacial score (nSPS) is 16.0. The minimum atomic E-state index is -0.600. The van der Waals surface area contributed by atoms with E-state index in [0.29, 0.717) is 40.9 Å². The van der Waals surface area contributed by atoms with Crippen LogP contribution >= 0.6 is 23.8 Å². The van der Waals surface area contributed by atoms with E-state index in [-0.39, 0.29) is 13.2 Å². The predicted molar refractivity (Wildman–Crippen MR) is 119 cm³/mol. The van der Waals surface area contributed by atoms with Crippen molar-refractivity contribution in [3.05, 3.63) is 46.1 Å². The van der Waals surface area contributed by atoms with Crippen LogP contribution in [0, 0.1) is 0 Å². The van der Waals surface area contributed by atoms with Crippen LogP contribution in [0.1, 0.15) is 12.5 Å². The highest BCUT2D eigenvalue weighted by Crippen LogP contribution is 2.16. The Hall–Kier alpha value is -2.36. The second kappa shape index (κ2) is 11.7. The van der Waals surface area contributed by atoms with Gasteiger partial charge in [0.05, 0.1) is 18.2 Å². The van der Waals surface area contributed by atoms with E-state index in [1.54, 1.807) is 13.0 Å². The van der Waals surface area contributed by atoms with E-state index in [9.17, 15) is 9.59 Å². The second-order valence-electron chi connectivity index (χ2n) is 7.03. The number of hydrogen-bond acceptors (Lipinski definition) is 6. The number of likely N-dealkylation sites (N-methyl/N-ethyl adjacent to an activating group) is 1. The van der Waals surface area contributed by atoms with E-state index in [1.165, 1.54) is 0 Å². The summed E-state index contributed by atoms with van der Waals surface area (Å²) in [6.07, 6.45) is -0.0257. The zero-order chi connectivity index (χ0) is 22.1. The highest BCUT2D eigenvalue weighted by molar-refractivity contribution is 7.80. The van der Waals surface area contributed by atoms with Crippen LogP contribution in [0.15, 0.2) is 35.5 Å². The van der Waals surface area contributed by atoms with E-state index in [4.69, 9.17) is 33.3 Å². The summed E-state index contributed by atoms with van der Waals surface area (Å²) in [6, 6.07) is 6.77. The molecule has 1 heterocycles. The summed E-state index contributed by atoms with van der Waals surface area (Å²) in [4.78, 5) is 26.5. The highest BCUT2D eigenvalue weighted by atomic mass is 35.5. The molecule has 0 aliphatic carbocycles. The number of hydrogen-bond donors (Lipinski definition) is 3. The van der Waals surface area contributed by atoms with Crippen molar-refractivity contribution in [3.8, 4) is 0 Å². The van der Waals surface area contributed by atoms with Crippen molar-refractivity contribution in [2.45, 2.75) is 19.4 Å². The van der Waals surface area contributed by atoms with Gasteiger partial charge in [0.1, 0.15) is 6.61 Å². The van der Waals surface area contributed by atoms with E-state index in [0.717, 1.165) is 5.56 Å². The maximum absolute atomic E-state index is 12.7. The molecule has 0 fully saturated rings. The van der Waals surface area contributed by atoms with Crippen LogP contribution in [0.5, 0.6) is 0 Å². The summed E-state index contributed by atoms with van der Waals surface area (Å²) in [5.41, 5.74) is 1.88. The number of nitrogens with zero attached hydrogens (tertiary/aromatic N) is 1. The van der Waals surface area contributed by atoms with Gasteiger partial charge in [0.2, 0.25) is 0 Å². The first-order chi connectivity index (χ1) is 14.3. The molecule has 1 aromatic rings. The molecule has 0 aromatic heterocycles. The molecule has 0 saturated carbocycles. The molecule has 30 heavy (non-hydrogen) atoms. The van der Waals surface area contributed by atoms with Gasteiger partial charge in [0.25, 0.3) is 0 Å². The minimum absolute atomic E-state index is 0.0638. The van der Waals surface area contributed by atoms with Crippen LogP contribution in [-0.2, 0) is 20.7 Å². The summed E-state index contributed by atoms with van der Waals surface area (Å²) in [7, 11) is 3.81. The van der Waals surface area contributed by atoms with Crippen LogP contribution in [0.2, 0.25) is 5.02 Å². The third-order valence-electron chi connectivity index (χ3n) is 4.30. The Morgan fingerprint density at radius 3 is 2.77 bits per heavy atom. The molecular weight excluding hydrogens is 428 g/mol. The van der Waals surface area contributed by atoms with Gasteiger partial charge in [0.15, 0.2) is 5.11 Å². The number of benzene rings is 1. The van der Waals surface area contributed by atoms with Crippen molar-refractivity contribution in [2.75, 3.05) is 40.4 Å². The summed E-state index contributed by atoms with van der Waals surface area (Å²) in [5.74, 6) is -0.501. The molecule has 0 bridgehead atoms. The lowest BCUT2D eigenvalue weighted by molar-refractivity contribution is -0.139. The molecule has 0 radical (unpaired) electrons. The largest absolute Gasteiger partial charge is 0.462 e. The average Bonchev–Trinajstić information content (AvgIpc) is 2.65. The van der Waals surface area contributed by atoms with Crippen LogP contribution in [-0.4, -0.2) is 68.5 Å². The van der Waals surface area contributed by atoms with Crippen LogP contribution in [0.3, 0.4) is 0 Å². The van der Waals surface area contributed by atoms with Crippen LogP contribution < -0.4 is 16.0 Å². The Kier molecular flexibility index (Phi) is 9.35. The minimum Gasteiger partial charge on any atom is -0.462 e. The zero-order valence-electron chi connectivity index (χ0n) is 17.3. The summed E-state index contributed by atoms with van der Waals surface area (Å²) in [5, 5.41) is 9.50. The first-order valence-electron chi connectivity index (χ1n) is 9.51. The van der Waals surface area contributed by atoms with Gasteiger partial charge in [-0.1, -0.05) is 23.7 Å². The number of esters is 1. The monoisotopic (exact) mass is 454 g/mol. The molecule has 0 spiro atoms. The van der Waals surface area contributed by atoms with Gasteiger partial charge in [-0.15, -0.1) is 0 Å². The smallest absolute Gasteiger partial charge is 0.407 e. The van der Waals surface area contributed by atoms with Crippen LogP contribution in [0.25, 0.3) is 0 Å². The molecule has 2 rings (SSSR count). The number of rotatable bonds is 9. The Morgan fingerprint density at radius 1 is 1.30 bits per heavy atom. The number of alkyl carbamates (subject to hydrolysis) is 1. The fourth-order valence-corrected chi connectivity index (χ4v) is 3.32. The van der Waals surface area contributed by atoms with Gasteiger partial charge >= 0.3 is 12.1 Å². The maximum atomic E-state index is 12.7. The predicted octanol–water partition coefficient (Wildman–Crippen LogP) is 1.83. The first-order valence-corrected chi connectivity index (χ1v) is 10.3. The lowest BCUT2D eigenvalue weighted by Crippen LogP contribution is -2.52. The second-order valence-corrected chi connectivity index (χ2v) is 7.88. The Bertz CT molecular complexity index is 816. The van der Waals surface area contributed by atoms with Crippen LogP contribution in [0.4, 0.5) is 4.79 Å².